The van der Waals surface area contributed by atoms with E-state index in [4.69, 9.17) is 0 Å². The maximum atomic E-state index is 13.3. The number of imidazole rings is 1. The number of hydrogen-bond donors (Lipinski definition) is 0. The lowest BCUT2D eigenvalue weighted by molar-refractivity contribution is 0.102. The van der Waals surface area contributed by atoms with Gasteiger partial charge in [-0.2, -0.15) is 0 Å². The standard InChI is InChI=1S/C25H22N2OS2/c1-29-21-12-8-19(9-13-21)23-16-26-25(27(23)17-18-6-4-3-5-7-18)24(28)20-10-14-22(30-2)15-11-20/h3-16H,17H2,1-2H3. The molecule has 0 radical (unpaired) electrons. The van der Waals surface area contributed by atoms with Crippen molar-refractivity contribution in [1.29, 1.82) is 0 Å². The number of thioether (sulfide) groups is 2. The highest BCUT2D eigenvalue weighted by atomic mass is 32.2. The van der Waals surface area contributed by atoms with Crippen molar-refractivity contribution in [1.82, 2.24) is 9.55 Å². The van der Waals surface area contributed by atoms with E-state index >= 15 is 0 Å². The Labute approximate surface area is 185 Å². The van der Waals surface area contributed by atoms with Crippen LogP contribution in [0.2, 0.25) is 0 Å². The lowest BCUT2D eigenvalue weighted by Gasteiger charge is -2.13. The van der Waals surface area contributed by atoms with Crippen molar-refractivity contribution in [2.75, 3.05) is 12.5 Å². The van der Waals surface area contributed by atoms with E-state index in [2.05, 4.69) is 47.6 Å². The number of nitrogens with zero attached hydrogens (tertiary/aromatic N) is 2. The Morgan fingerprint density at radius 3 is 2.03 bits per heavy atom. The number of ketones is 1. The normalized spacial score (nSPS) is 10.9. The molecule has 0 saturated carbocycles. The lowest BCUT2D eigenvalue weighted by Crippen LogP contribution is -2.13. The van der Waals surface area contributed by atoms with Gasteiger partial charge in [-0.15, -0.1) is 23.5 Å². The third-order valence-corrected chi connectivity index (χ3v) is 6.47. The maximum absolute atomic E-state index is 13.3. The second-order valence-electron chi connectivity index (χ2n) is 6.82. The van der Waals surface area contributed by atoms with Crippen molar-refractivity contribution in [3.05, 3.63) is 102 Å². The quantitative estimate of drug-likeness (QED) is 0.255. The summed E-state index contributed by atoms with van der Waals surface area (Å²) in [5, 5.41) is 0. The highest BCUT2D eigenvalue weighted by molar-refractivity contribution is 7.98. The lowest BCUT2D eigenvalue weighted by atomic mass is 10.1. The minimum absolute atomic E-state index is 0.0643. The van der Waals surface area contributed by atoms with Gasteiger partial charge in [0, 0.05) is 21.9 Å². The summed E-state index contributed by atoms with van der Waals surface area (Å²) in [7, 11) is 0. The first kappa shape index (κ1) is 20.5. The summed E-state index contributed by atoms with van der Waals surface area (Å²) >= 11 is 3.37. The third-order valence-electron chi connectivity index (χ3n) is 4.98. The van der Waals surface area contributed by atoms with Crippen LogP contribution in [0.4, 0.5) is 0 Å². The smallest absolute Gasteiger partial charge is 0.228 e. The van der Waals surface area contributed by atoms with Gasteiger partial charge in [-0.3, -0.25) is 4.79 Å². The Bertz CT molecular complexity index is 1130. The van der Waals surface area contributed by atoms with Gasteiger partial charge in [0.05, 0.1) is 11.9 Å². The van der Waals surface area contributed by atoms with Gasteiger partial charge in [0.1, 0.15) is 0 Å². The molecule has 0 saturated heterocycles. The molecule has 0 atom stereocenters. The molecule has 0 aliphatic rings. The second-order valence-corrected chi connectivity index (χ2v) is 8.58. The number of benzene rings is 3. The molecule has 0 spiro atoms. The number of carbonyl (C=O) groups is 1. The molecule has 3 nitrogen and oxygen atoms in total. The minimum Gasteiger partial charge on any atom is -0.317 e. The Balaban J connectivity index is 1.77. The van der Waals surface area contributed by atoms with Crippen LogP contribution in [0.25, 0.3) is 11.3 Å². The van der Waals surface area contributed by atoms with Crippen LogP contribution in [0.1, 0.15) is 21.7 Å². The summed E-state index contributed by atoms with van der Waals surface area (Å²) in [5.74, 6) is 0.394. The van der Waals surface area contributed by atoms with Crippen LogP contribution >= 0.6 is 23.5 Å². The predicted octanol–water partition coefficient (Wildman–Crippen LogP) is 6.27. The van der Waals surface area contributed by atoms with Gasteiger partial charge in [0.25, 0.3) is 0 Å². The summed E-state index contributed by atoms with van der Waals surface area (Å²) in [5.41, 5.74) is 3.77. The molecule has 0 bridgehead atoms. The summed E-state index contributed by atoms with van der Waals surface area (Å²) in [6.45, 7) is 0.588. The second kappa shape index (κ2) is 9.37. The van der Waals surface area contributed by atoms with Crippen LogP contribution < -0.4 is 0 Å². The molecule has 1 aromatic heterocycles. The maximum Gasteiger partial charge on any atom is 0.228 e. The summed E-state index contributed by atoms with van der Waals surface area (Å²) < 4.78 is 2.02. The largest absolute Gasteiger partial charge is 0.317 e. The van der Waals surface area contributed by atoms with Crippen molar-refractivity contribution in [2.24, 2.45) is 0 Å². The van der Waals surface area contributed by atoms with Gasteiger partial charge >= 0.3 is 0 Å². The Morgan fingerprint density at radius 2 is 1.43 bits per heavy atom. The van der Waals surface area contributed by atoms with Crippen LogP contribution in [-0.2, 0) is 6.54 Å². The Kier molecular flexibility index (Phi) is 6.41. The van der Waals surface area contributed by atoms with Crippen molar-refractivity contribution >= 4 is 29.3 Å². The van der Waals surface area contributed by atoms with E-state index in [0.717, 1.165) is 21.7 Å². The van der Waals surface area contributed by atoms with Crippen LogP contribution in [0.15, 0.2) is 94.9 Å². The van der Waals surface area contributed by atoms with Crippen molar-refractivity contribution < 1.29 is 4.79 Å². The molecule has 4 rings (SSSR count). The Morgan fingerprint density at radius 1 is 0.833 bits per heavy atom. The van der Waals surface area contributed by atoms with E-state index in [-0.39, 0.29) is 5.78 Å². The van der Waals surface area contributed by atoms with Gasteiger partial charge in [0.15, 0.2) is 5.82 Å². The molecular formula is C25H22N2OS2. The van der Waals surface area contributed by atoms with Crippen molar-refractivity contribution in [3.8, 4) is 11.3 Å². The molecule has 0 N–H and O–H groups in total. The van der Waals surface area contributed by atoms with Crippen molar-refractivity contribution in [3.63, 3.8) is 0 Å². The first-order valence-corrected chi connectivity index (χ1v) is 12.1. The molecule has 0 amide bonds. The SMILES string of the molecule is CSc1ccc(C(=O)c2ncc(-c3ccc(SC)cc3)n2Cc2ccccc2)cc1. The zero-order valence-corrected chi connectivity index (χ0v) is 18.5. The fraction of sp³-hybridized carbons (Fsp3) is 0.120. The number of rotatable bonds is 7. The highest BCUT2D eigenvalue weighted by Gasteiger charge is 2.20. The van der Waals surface area contributed by atoms with Crippen LogP contribution in [-0.4, -0.2) is 27.8 Å². The molecule has 0 aliphatic heterocycles. The monoisotopic (exact) mass is 430 g/mol. The molecule has 0 aliphatic carbocycles. The first-order valence-electron chi connectivity index (χ1n) is 9.62. The predicted molar refractivity (Wildman–Crippen MR) is 127 cm³/mol. The summed E-state index contributed by atoms with van der Waals surface area (Å²) in [4.78, 5) is 20.2. The molecule has 3 aromatic carbocycles. The van der Waals surface area contributed by atoms with E-state index in [9.17, 15) is 4.79 Å². The molecule has 4 aromatic rings. The topological polar surface area (TPSA) is 34.9 Å². The summed E-state index contributed by atoms with van der Waals surface area (Å²) in [6, 6.07) is 26.3. The zero-order valence-electron chi connectivity index (χ0n) is 16.9. The fourth-order valence-corrected chi connectivity index (χ4v) is 4.16. The minimum atomic E-state index is -0.0643. The third kappa shape index (κ3) is 4.37. The average Bonchev–Trinajstić information content (AvgIpc) is 3.22. The fourth-order valence-electron chi connectivity index (χ4n) is 3.35. The number of carbonyl (C=O) groups excluding carboxylic acids is 1. The number of hydrogen-bond acceptors (Lipinski definition) is 4. The Hall–Kier alpha value is -2.76. The zero-order chi connectivity index (χ0) is 20.9. The van der Waals surface area contributed by atoms with Gasteiger partial charge in [-0.1, -0.05) is 42.5 Å². The van der Waals surface area contributed by atoms with E-state index in [0.29, 0.717) is 17.9 Å². The van der Waals surface area contributed by atoms with Crippen molar-refractivity contribution in [2.45, 2.75) is 16.3 Å². The average molecular weight is 431 g/mol. The van der Waals surface area contributed by atoms with Gasteiger partial charge < -0.3 is 4.57 Å². The molecule has 150 valence electrons. The molecule has 30 heavy (non-hydrogen) atoms. The highest BCUT2D eigenvalue weighted by Crippen LogP contribution is 2.26. The molecule has 0 fully saturated rings. The van der Waals surface area contributed by atoms with E-state index in [1.807, 2.05) is 53.3 Å². The van der Waals surface area contributed by atoms with Gasteiger partial charge in [0.2, 0.25) is 5.78 Å². The van der Waals surface area contributed by atoms with E-state index in [1.54, 1.807) is 29.7 Å². The van der Waals surface area contributed by atoms with E-state index in [1.165, 1.54) is 4.90 Å². The molecule has 1 heterocycles. The van der Waals surface area contributed by atoms with E-state index < -0.39 is 0 Å². The number of aromatic nitrogens is 2. The molecular weight excluding hydrogens is 408 g/mol. The van der Waals surface area contributed by atoms with Crippen LogP contribution in [0, 0.1) is 0 Å². The molecule has 0 unspecified atom stereocenters. The van der Waals surface area contributed by atoms with Crippen LogP contribution in [0.3, 0.4) is 0 Å². The molecule has 5 heteroatoms. The first-order chi connectivity index (χ1) is 14.7. The summed E-state index contributed by atoms with van der Waals surface area (Å²) in [6.07, 6.45) is 5.90. The van der Waals surface area contributed by atoms with Gasteiger partial charge in [-0.25, -0.2) is 4.98 Å². The van der Waals surface area contributed by atoms with Gasteiger partial charge in [-0.05, 0) is 60.0 Å². The van der Waals surface area contributed by atoms with Crippen LogP contribution in [0.5, 0.6) is 0 Å².